The molecule has 0 radical (unpaired) electrons. The zero-order chi connectivity index (χ0) is 84.8. The lowest BCUT2D eigenvalue weighted by molar-refractivity contribution is 0.622. The second kappa shape index (κ2) is 33.0. The van der Waals surface area contributed by atoms with E-state index in [1.807, 2.05) is 6.07 Å². The van der Waals surface area contributed by atoms with E-state index < -0.39 is 0 Å². The van der Waals surface area contributed by atoms with Crippen molar-refractivity contribution in [2.75, 3.05) is 9.80 Å². The summed E-state index contributed by atoms with van der Waals surface area (Å²) in [7, 11) is 0. The van der Waals surface area contributed by atoms with E-state index in [0.717, 1.165) is 200 Å². The van der Waals surface area contributed by atoms with Crippen molar-refractivity contribution in [3.8, 4) is 145 Å². The van der Waals surface area contributed by atoms with Crippen molar-refractivity contribution in [3.63, 3.8) is 0 Å². The minimum absolute atomic E-state index is 0.561. The summed E-state index contributed by atoms with van der Waals surface area (Å²) in [5.41, 5.74) is 36.2. The standard InChI is InChI=1S/C122H80N4O2/c1-7-23-81(24-8-1)84-45-50-94(51-46-84)121-123-116-73-62-92-49-52-100(79-114(92)119(116)127-121)110-71-60-98(78-113(110)90-31-15-5-16-32-90)88-57-68-104(69-58-88)125(102-37-17-6-18-38-102)103-66-55-87(56-67-103)97-59-70-109-99(75-97)36-22-42-112(109)115-80-101(61-72-108(115)89-29-13-4-14-30-89)122-124-117-74-63-93-33-21-41-111(118(93)120(117)128-122)91-47-43-86(44-48-91)96-35-20-40-107(77-96)126(105-64-53-85(54-65-105)82-25-9-2-10-26-82)106-39-19-34-95(76-106)83-27-11-3-12-28-83/h1-80H. The molecule has 21 aromatic carbocycles. The van der Waals surface area contributed by atoms with Gasteiger partial charge in [0.15, 0.2) is 11.2 Å². The quantitative estimate of drug-likeness (QED) is 0.0804. The summed E-state index contributed by atoms with van der Waals surface area (Å²) in [4.78, 5) is 15.0. The zero-order valence-electron chi connectivity index (χ0n) is 69.8. The van der Waals surface area contributed by atoms with Crippen LogP contribution in [0.5, 0.6) is 0 Å². The van der Waals surface area contributed by atoms with Gasteiger partial charge in [-0.15, -0.1) is 0 Å². The van der Waals surface area contributed by atoms with Crippen LogP contribution in [0.3, 0.4) is 0 Å². The third-order valence-electron chi connectivity index (χ3n) is 25.0. The van der Waals surface area contributed by atoms with E-state index >= 15 is 0 Å². The molecule has 23 aromatic rings. The van der Waals surface area contributed by atoms with Crippen LogP contribution in [0, 0.1) is 0 Å². The Hall–Kier alpha value is -17.1. The van der Waals surface area contributed by atoms with E-state index in [2.05, 4.69) is 489 Å². The smallest absolute Gasteiger partial charge is 0.227 e. The molecule has 0 aliphatic rings. The molecule has 0 spiro atoms. The first kappa shape index (κ1) is 75.9. The van der Waals surface area contributed by atoms with Crippen LogP contribution in [-0.2, 0) is 0 Å². The molecule has 0 saturated heterocycles. The summed E-state index contributed by atoms with van der Waals surface area (Å²) in [6, 6.07) is 174. The van der Waals surface area contributed by atoms with E-state index in [9.17, 15) is 0 Å². The molecule has 0 unspecified atom stereocenters. The fourth-order valence-corrected chi connectivity index (χ4v) is 18.5. The second-order valence-electron chi connectivity index (χ2n) is 32.7. The summed E-state index contributed by atoms with van der Waals surface area (Å²) >= 11 is 0. The Bertz CT molecular complexity index is 8040. The first-order chi connectivity index (χ1) is 63.4. The molecule has 0 N–H and O–H groups in total. The van der Waals surface area contributed by atoms with Gasteiger partial charge in [-0.05, 0) is 271 Å². The van der Waals surface area contributed by atoms with Crippen molar-refractivity contribution in [2.24, 2.45) is 0 Å². The number of rotatable bonds is 19. The van der Waals surface area contributed by atoms with E-state index in [0.29, 0.717) is 11.8 Å². The Labute approximate surface area is 742 Å². The lowest BCUT2D eigenvalue weighted by Gasteiger charge is -2.27. The van der Waals surface area contributed by atoms with Gasteiger partial charge in [0.1, 0.15) is 11.0 Å². The largest absolute Gasteiger partial charge is 0.435 e. The van der Waals surface area contributed by atoms with Gasteiger partial charge in [-0.25, -0.2) is 9.97 Å². The van der Waals surface area contributed by atoms with Crippen LogP contribution in [-0.4, -0.2) is 9.97 Å². The lowest BCUT2D eigenvalue weighted by Crippen LogP contribution is -2.10. The van der Waals surface area contributed by atoms with Crippen molar-refractivity contribution in [3.05, 3.63) is 485 Å². The maximum atomic E-state index is 7.12. The Balaban J connectivity index is 0.525. The van der Waals surface area contributed by atoms with E-state index in [-0.39, 0.29) is 0 Å². The third-order valence-corrected chi connectivity index (χ3v) is 25.0. The van der Waals surface area contributed by atoms with Crippen LogP contribution in [0.25, 0.3) is 200 Å². The summed E-state index contributed by atoms with van der Waals surface area (Å²) in [6.07, 6.45) is 0. The average molecular weight is 1630 g/mol. The highest BCUT2D eigenvalue weighted by Gasteiger charge is 2.24. The van der Waals surface area contributed by atoms with Gasteiger partial charge in [-0.2, -0.15) is 0 Å². The number of hydrogen-bond donors (Lipinski definition) is 0. The van der Waals surface area contributed by atoms with E-state index in [4.69, 9.17) is 18.8 Å². The minimum Gasteiger partial charge on any atom is -0.435 e. The number of aromatic nitrogens is 2. The molecule has 0 saturated carbocycles. The summed E-state index contributed by atoms with van der Waals surface area (Å²) in [5.74, 6) is 1.16. The molecule has 0 amide bonds. The molecule has 23 rings (SSSR count). The molecule has 600 valence electrons. The fourth-order valence-electron chi connectivity index (χ4n) is 18.5. The number of oxazole rings is 2. The van der Waals surface area contributed by atoms with Crippen molar-refractivity contribution in [1.82, 2.24) is 9.97 Å². The number of anilines is 6. The Kier molecular flexibility index (Phi) is 19.5. The second-order valence-corrected chi connectivity index (χ2v) is 32.7. The van der Waals surface area contributed by atoms with Gasteiger partial charge in [0.25, 0.3) is 0 Å². The molecular weight excluding hydrogens is 1550 g/mol. The van der Waals surface area contributed by atoms with Crippen LogP contribution in [0.4, 0.5) is 34.1 Å². The van der Waals surface area contributed by atoms with Gasteiger partial charge in [-0.3, -0.25) is 0 Å². The predicted molar refractivity (Wildman–Crippen MR) is 534 cm³/mol. The normalized spacial score (nSPS) is 11.4. The van der Waals surface area contributed by atoms with Gasteiger partial charge >= 0.3 is 0 Å². The Morgan fingerprint density at radius 3 is 1.06 bits per heavy atom. The van der Waals surface area contributed by atoms with Gasteiger partial charge < -0.3 is 18.6 Å². The summed E-state index contributed by atoms with van der Waals surface area (Å²) in [5, 5.41) is 6.50. The number of fused-ring (bicyclic) bond motifs is 7. The third kappa shape index (κ3) is 14.6. The van der Waals surface area contributed by atoms with Gasteiger partial charge in [-0.1, -0.05) is 358 Å². The maximum absolute atomic E-state index is 7.12. The van der Waals surface area contributed by atoms with Crippen molar-refractivity contribution in [1.29, 1.82) is 0 Å². The number of nitrogens with zero attached hydrogens (tertiary/aromatic N) is 4. The molecule has 2 heterocycles. The molecule has 0 aliphatic heterocycles. The molecule has 6 nitrogen and oxygen atoms in total. The molecule has 6 heteroatoms. The lowest BCUT2D eigenvalue weighted by atomic mass is 9.89. The van der Waals surface area contributed by atoms with Crippen LogP contribution in [0.1, 0.15) is 0 Å². The molecule has 2 aromatic heterocycles. The summed E-state index contributed by atoms with van der Waals surface area (Å²) in [6.45, 7) is 0. The van der Waals surface area contributed by atoms with Crippen LogP contribution in [0.15, 0.2) is 494 Å². The molecule has 0 bridgehead atoms. The van der Waals surface area contributed by atoms with E-state index in [1.54, 1.807) is 0 Å². The van der Waals surface area contributed by atoms with Crippen LogP contribution < -0.4 is 9.80 Å². The van der Waals surface area contributed by atoms with Crippen LogP contribution >= 0.6 is 0 Å². The number of hydrogen-bond acceptors (Lipinski definition) is 6. The van der Waals surface area contributed by atoms with Crippen molar-refractivity contribution >= 4 is 88.6 Å². The number of para-hydroxylation sites is 1. The predicted octanol–water partition coefficient (Wildman–Crippen LogP) is 34.0. The maximum Gasteiger partial charge on any atom is 0.227 e. The average Bonchev–Trinajstić information content (AvgIpc) is 1.58. The first-order valence-corrected chi connectivity index (χ1v) is 43.5. The minimum atomic E-state index is 0.561. The van der Waals surface area contributed by atoms with Gasteiger partial charge in [0.2, 0.25) is 11.8 Å². The van der Waals surface area contributed by atoms with Crippen molar-refractivity contribution in [2.45, 2.75) is 0 Å². The van der Waals surface area contributed by atoms with Crippen molar-refractivity contribution < 1.29 is 8.83 Å². The molecule has 0 fully saturated rings. The fraction of sp³-hybridized carbons (Fsp3) is 0. The first-order valence-electron chi connectivity index (χ1n) is 43.5. The molecular formula is C122H80N4O2. The number of benzene rings is 21. The topological polar surface area (TPSA) is 58.5 Å². The zero-order valence-corrected chi connectivity index (χ0v) is 69.8. The highest BCUT2D eigenvalue weighted by Crippen LogP contribution is 2.47. The van der Waals surface area contributed by atoms with Gasteiger partial charge in [0.05, 0.1) is 0 Å². The van der Waals surface area contributed by atoms with Gasteiger partial charge in [0, 0.05) is 56.0 Å². The summed E-state index contributed by atoms with van der Waals surface area (Å²) < 4.78 is 13.8. The van der Waals surface area contributed by atoms with Crippen LogP contribution in [0.2, 0.25) is 0 Å². The highest BCUT2D eigenvalue weighted by molar-refractivity contribution is 6.12. The Morgan fingerprint density at radius 1 is 0.156 bits per heavy atom. The Morgan fingerprint density at radius 2 is 0.492 bits per heavy atom. The van der Waals surface area contributed by atoms with E-state index in [1.165, 1.54) is 22.3 Å². The molecule has 128 heavy (non-hydrogen) atoms. The SMILES string of the molecule is c1ccc(-c2ccc(-c3nc4ccc5ccc(-c6ccc(-c7ccc(N(c8ccccc8)c8ccc(-c9ccc%10c(-c%11cc(-c%12nc%13ccc%14cccc(-c%15ccc(-c%16cccc(N(c%17ccc(-c%18ccccc%18)cc%17)c%17cccc(-c%18ccccc%18)c%17)c%16)cc%15)c%14c%13o%12)ccc%11-c%11ccccc%11)cccc%10c9)cc8)cc7)cc6-c6ccccc6)cc5c4o3)cc2)cc1. The highest BCUT2D eigenvalue weighted by atomic mass is 16.4. The monoisotopic (exact) mass is 1630 g/mol. The molecule has 0 aliphatic carbocycles. The molecule has 0 atom stereocenters.